The highest BCUT2D eigenvalue weighted by molar-refractivity contribution is 5.73. The molecule has 0 bridgehead atoms. The summed E-state index contributed by atoms with van der Waals surface area (Å²) in [4.78, 5) is 10.4. The second kappa shape index (κ2) is 11.4. The summed E-state index contributed by atoms with van der Waals surface area (Å²) >= 11 is 0. The maximum atomic E-state index is 10.4. The van der Waals surface area contributed by atoms with E-state index in [0.717, 1.165) is 12.8 Å². The molecule has 0 aliphatic heterocycles. The lowest BCUT2D eigenvalue weighted by atomic mass is 10.1. The molecule has 0 atom stereocenters. The summed E-state index contributed by atoms with van der Waals surface area (Å²) in [6, 6.07) is 0. The lowest BCUT2D eigenvalue weighted by Gasteiger charge is -1.98. The number of nitrogens with two attached hydrogens (primary N) is 1. The predicted molar refractivity (Wildman–Crippen MR) is 54.3 cm³/mol. The Morgan fingerprint density at radius 3 is 1.92 bits per heavy atom. The van der Waals surface area contributed by atoms with Gasteiger partial charge in [-0.1, -0.05) is 45.4 Å². The number of carbonyl (C=O) groups is 1. The van der Waals surface area contributed by atoms with Gasteiger partial charge >= 0.3 is 0 Å². The highest BCUT2D eigenvalue weighted by atomic mass is 19.0. The molecule has 0 heterocycles. The van der Waals surface area contributed by atoms with E-state index < -0.39 is 0 Å². The van der Waals surface area contributed by atoms with Gasteiger partial charge in [0.25, 0.3) is 0 Å². The number of carbonyl (C=O) groups excluding carboxylic acids is 1. The minimum Gasteiger partial charge on any atom is -0.370 e. The normalized spacial score (nSPS) is 9.31. The topological polar surface area (TPSA) is 43.1 Å². The minimum atomic E-state index is -0.163. The van der Waals surface area contributed by atoms with Crippen molar-refractivity contribution < 1.29 is 9.50 Å². The summed E-state index contributed by atoms with van der Waals surface area (Å²) in [6.45, 7) is 2.22. The Balaban J connectivity index is 0. The summed E-state index contributed by atoms with van der Waals surface area (Å²) in [7, 11) is 0. The van der Waals surface area contributed by atoms with Crippen molar-refractivity contribution in [2.45, 2.75) is 58.3 Å². The molecule has 0 unspecified atom stereocenters. The van der Waals surface area contributed by atoms with Gasteiger partial charge in [-0.3, -0.25) is 9.50 Å². The summed E-state index contributed by atoms with van der Waals surface area (Å²) in [5, 5.41) is 0. The number of hydrogen-bond acceptors (Lipinski definition) is 1. The van der Waals surface area contributed by atoms with Gasteiger partial charge in [0.1, 0.15) is 0 Å². The van der Waals surface area contributed by atoms with Crippen LogP contribution < -0.4 is 5.73 Å². The van der Waals surface area contributed by atoms with Crippen LogP contribution >= 0.6 is 0 Å². The van der Waals surface area contributed by atoms with Gasteiger partial charge in [0.15, 0.2) is 0 Å². The van der Waals surface area contributed by atoms with Crippen LogP contribution in [0.3, 0.4) is 0 Å². The fourth-order valence-electron chi connectivity index (χ4n) is 1.26. The van der Waals surface area contributed by atoms with E-state index in [9.17, 15) is 4.79 Å². The zero-order chi connectivity index (χ0) is 9.23. The third kappa shape index (κ3) is 14.3. The standard InChI is InChI=1S/C10H21NO.FH/c1-2-3-4-5-6-7-8-9-10(11)12;/h2-9H2,1H3,(H2,11,12);1H. The number of halogens is 1. The van der Waals surface area contributed by atoms with Crippen LogP contribution in [0.5, 0.6) is 0 Å². The highest BCUT2D eigenvalue weighted by Gasteiger charge is 1.94. The van der Waals surface area contributed by atoms with Crippen LogP contribution in [0.4, 0.5) is 4.70 Å². The van der Waals surface area contributed by atoms with Gasteiger partial charge < -0.3 is 5.73 Å². The second-order valence-electron chi connectivity index (χ2n) is 3.34. The Labute approximate surface area is 80.3 Å². The Kier molecular flexibility index (Phi) is 13.1. The molecule has 13 heavy (non-hydrogen) atoms. The molecular formula is C10H22FNO. The van der Waals surface area contributed by atoms with E-state index in [-0.39, 0.29) is 10.6 Å². The molecule has 0 saturated carbocycles. The van der Waals surface area contributed by atoms with E-state index in [4.69, 9.17) is 5.73 Å². The molecule has 80 valence electrons. The van der Waals surface area contributed by atoms with Gasteiger partial charge in [0.2, 0.25) is 5.91 Å². The van der Waals surface area contributed by atoms with Crippen molar-refractivity contribution in [2.75, 3.05) is 0 Å². The van der Waals surface area contributed by atoms with E-state index in [1.165, 1.54) is 32.1 Å². The molecule has 2 nitrogen and oxygen atoms in total. The summed E-state index contributed by atoms with van der Waals surface area (Å²) < 4.78 is 0. The first-order valence-electron chi connectivity index (χ1n) is 5.05. The van der Waals surface area contributed by atoms with Crippen molar-refractivity contribution >= 4 is 5.91 Å². The monoisotopic (exact) mass is 191 g/mol. The smallest absolute Gasteiger partial charge is 0.217 e. The van der Waals surface area contributed by atoms with Crippen LogP contribution in [0.25, 0.3) is 0 Å². The van der Waals surface area contributed by atoms with Crippen molar-refractivity contribution in [2.24, 2.45) is 5.73 Å². The summed E-state index contributed by atoms with van der Waals surface area (Å²) in [5.41, 5.74) is 5.02. The molecule has 0 aromatic rings. The van der Waals surface area contributed by atoms with Crippen molar-refractivity contribution in [3.63, 3.8) is 0 Å². The van der Waals surface area contributed by atoms with Crippen LogP contribution in [0.15, 0.2) is 0 Å². The highest BCUT2D eigenvalue weighted by Crippen LogP contribution is 2.07. The van der Waals surface area contributed by atoms with Crippen LogP contribution in [-0.2, 0) is 4.79 Å². The largest absolute Gasteiger partial charge is 0.370 e. The fraction of sp³-hybridized carbons (Fsp3) is 0.900. The average molecular weight is 191 g/mol. The summed E-state index contributed by atoms with van der Waals surface area (Å²) in [5.74, 6) is -0.163. The molecule has 0 radical (unpaired) electrons. The van der Waals surface area contributed by atoms with E-state index in [2.05, 4.69) is 6.92 Å². The molecule has 0 aliphatic carbocycles. The molecule has 2 N–H and O–H groups in total. The third-order valence-electron chi connectivity index (χ3n) is 2.03. The molecule has 0 saturated heterocycles. The van der Waals surface area contributed by atoms with E-state index in [1.54, 1.807) is 0 Å². The van der Waals surface area contributed by atoms with Crippen molar-refractivity contribution in [3.8, 4) is 0 Å². The first-order valence-corrected chi connectivity index (χ1v) is 5.05. The van der Waals surface area contributed by atoms with Crippen molar-refractivity contribution in [3.05, 3.63) is 0 Å². The maximum Gasteiger partial charge on any atom is 0.217 e. The zero-order valence-electron chi connectivity index (χ0n) is 8.55. The van der Waals surface area contributed by atoms with Gasteiger partial charge in [-0.05, 0) is 6.42 Å². The third-order valence-corrected chi connectivity index (χ3v) is 2.03. The molecule has 0 aliphatic rings. The fourth-order valence-corrected chi connectivity index (χ4v) is 1.26. The predicted octanol–water partition coefficient (Wildman–Crippen LogP) is 2.76. The molecule has 3 heteroatoms. The van der Waals surface area contributed by atoms with Gasteiger partial charge in [-0.15, -0.1) is 0 Å². The molecule has 0 aromatic carbocycles. The van der Waals surface area contributed by atoms with Crippen LogP contribution in [0, 0.1) is 0 Å². The van der Waals surface area contributed by atoms with E-state index >= 15 is 0 Å². The number of unbranched alkanes of at least 4 members (excludes halogenated alkanes) is 6. The molecule has 0 rings (SSSR count). The Hall–Kier alpha value is -0.600. The van der Waals surface area contributed by atoms with Crippen molar-refractivity contribution in [1.29, 1.82) is 0 Å². The lowest BCUT2D eigenvalue weighted by molar-refractivity contribution is -0.118. The quantitative estimate of drug-likeness (QED) is 0.589. The minimum absolute atomic E-state index is 0. The van der Waals surface area contributed by atoms with Gasteiger partial charge in [0, 0.05) is 6.42 Å². The Morgan fingerprint density at radius 2 is 1.46 bits per heavy atom. The molecular weight excluding hydrogens is 169 g/mol. The number of rotatable bonds is 8. The molecule has 0 fully saturated rings. The van der Waals surface area contributed by atoms with Crippen LogP contribution in [0.1, 0.15) is 58.3 Å². The number of hydrogen-bond donors (Lipinski definition) is 1. The number of primary amides is 1. The van der Waals surface area contributed by atoms with E-state index in [0.29, 0.717) is 6.42 Å². The van der Waals surface area contributed by atoms with Gasteiger partial charge in [-0.2, -0.15) is 0 Å². The zero-order valence-corrected chi connectivity index (χ0v) is 8.55. The van der Waals surface area contributed by atoms with Gasteiger partial charge in [-0.25, -0.2) is 0 Å². The van der Waals surface area contributed by atoms with Gasteiger partial charge in [0.05, 0.1) is 0 Å². The van der Waals surface area contributed by atoms with Crippen LogP contribution in [0.2, 0.25) is 0 Å². The Bertz CT molecular complexity index is 117. The second-order valence-corrected chi connectivity index (χ2v) is 3.34. The van der Waals surface area contributed by atoms with Crippen molar-refractivity contribution in [1.82, 2.24) is 0 Å². The first-order chi connectivity index (χ1) is 5.77. The first kappa shape index (κ1) is 14.9. The molecule has 0 spiro atoms. The summed E-state index contributed by atoms with van der Waals surface area (Å²) in [6.07, 6.45) is 9.24. The lowest BCUT2D eigenvalue weighted by Crippen LogP contribution is -2.09. The number of amides is 1. The van der Waals surface area contributed by atoms with E-state index in [1.807, 2.05) is 0 Å². The van der Waals surface area contributed by atoms with Crippen LogP contribution in [-0.4, -0.2) is 5.91 Å². The average Bonchev–Trinajstić information content (AvgIpc) is 2.02. The SMILES string of the molecule is CCCCCCCCCC(N)=O.F. The maximum absolute atomic E-state index is 10.4. The molecule has 1 amide bonds. The Morgan fingerprint density at radius 1 is 1.00 bits per heavy atom. The molecule has 0 aromatic heterocycles.